The summed E-state index contributed by atoms with van der Waals surface area (Å²) in [7, 11) is -3.72. The van der Waals surface area contributed by atoms with Crippen LogP contribution in [0.3, 0.4) is 0 Å². The summed E-state index contributed by atoms with van der Waals surface area (Å²) in [6, 6.07) is 4.76. The number of likely N-dealkylation sites (tertiary alicyclic amines) is 1. The molecule has 0 N–H and O–H groups in total. The third-order valence-electron chi connectivity index (χ3n) is 6.99. The molecule has 8 heteroatoms. The van der Waals surface area contributed by atoms with Crippen LogP contribution in [0.15, 0.2) is 34.1 Å². The van der Waals surface area contributed by atoms with E-state index in [4.69, 9.17) is 0 Å². The summed E-state index contributed by atoms with van der Waals surface area (Å²) >= 11 is 0. The van der Waals surface area contributed by atoms with Gasteiger partial charge in [-0.3, -0.25) is 9.59 Å². The summed E-state index contributed by atoms with van der Waals surface area (Å²) in [4.78, 5) is 28.6. The lowest BCUT2D eigenvalue weighted by molar-refractivity contribution is 0.0759. The van der Waals surface area contributed by atoms with Crippen LogP contribution in [0.4, 0.5) is 0 Å². The molecule has 1 aromatic heterocycles. The number of rotatable bonds is 4. The van der Waals surface area contributed by atoms with Crippen LogP contribution >= 0.6 is 0 Å². The third-order valence-corrected chi connectivity index (χ3v) is 8.82. The molecule has 33 heavy (non-hydrogen) atoms. The number of benzene rings is 1. The Morgan fingerprint density at radius 2 is 1.67 bits per heavy atom. The van der Waals surface area contributed by atoms with E-state index in [0.717, 1.165) is 32.1 Å². The Labute approximate surface area is 196 Å². The number of fused-ring (bicyclic) bond motifs is 1. The maximum Gasteiger partial charge on any atom is 0.259 e. The van der Waals surface area contributed by atoms with Gasteiger partial charge < -0.3 is 9.47 Å². The van der Waals surface area contributed by atoms with Crippen molar-refractivity contribution in [3.8, 4) is 0 Å². The van der Waals surface area contributed by atoms with E-state index in [0.29, 0.717) is 50.1 Å². The van der Waals surface area contributed by atoms with E-state index in [-0.39, 0.29) is 27.2 Å². The van der Waals surface area contributed by atoms with Gasteiger partial charge in [0, 0.05) is 44.3 Å². The lowest BCUT2D eigenvalue weighted by Crippen LogP contribution is -2.42. The van der Waals surface area contributed by atoms with Gasteiger partial charge in [-0.05, 0) is 56.2 Å². The average Bonchev–Trinajstić information content (AvgIpc) is 3.08. The molecule has 0 bridgehead atoms. The molecule has 3 heterocycles. The van der Waals surface area contributed by atoms with Crippen LogP contribution in [0, 0.1) is 11.8 Å². The van der Waals surface area contributed by atoms with Crippen molar-refractivity contribution in [2.24, 2.45) is 11.8 Å². The molecular weight excluding hydrogens is 438 g/mol. The molecule has 2 fully saturated rings. The van der Waals surface area contributed by atoms with Gasteiger partial charge in [-0.1, -0.05) is 26.7 Å². The second-order valence-corrected chi connectivity index (χ2v) is 11.7. The smallest absolute Gasteiger partial charge is 0.259 e. The number of aromatic nitrogens is 1. The third kappa shape index (κ3) is 4.73. The highest BCUT2D eigenvalue weighted by Gasteiger charge is 2.32. The number of aryl methyl sites for hydroxylation is 1. The summed E-state index contributed by atoms with van der Waals surface area (Å²) in [6.07, 6.45) is 6.71. The largest absolute Gasteiger partial charge is 0.347 e. The van der Waals surface area contributed by atoms with Gasteiger partial charge in [0.05, 0.1) is 10.4 Å². The number of pyridine rings is 1. The number of hydrogen-bond donors (Lipinski definition) is 0. The van der Waals surface area contributed by atoms with Crippen LogP contribution in [0.1, 0.15) is 63.2 Å². The summed E-state index contributed by atoms with van der Waals surface area (Å²) in [5, 5.41) is 0.289. The minimum atomic E-state index is -3.72. The second kappa shape index (κ2) is 9.58. The molecule has 180 valence electrons. The zero-order valence-electron chi connectivity index (χ0n) is 19.9. The molecule has 1 aromatic carbocycles. The fourth-order valence-electron chi connectivity index (χ4n) is 5.35. The first-order valence-corrected chi connectivity index (χ1v) is 13.6. The number of carbonyl (C=O) groups excluding carboxylic acids is 1. The van der Waals surface area contributed by atoms with Crippen LogP contribution < -0.4 is 5.43 Å². The molecule has 2 aromatic rings. The average molecular weight is 474 g/mol. The van der Waals surface area contributed by atoms with Crippen molar-refractivity contribution in [2.75, 3.05) is 26.2 Å². The number of piperidine rings is 1. The normalized spacial score (nSPS) is 22.9. The quantitative estimate of drug-likeness (QED) is 0.678. The Morgan fingerprint density at radius 3 is 2.27 bits per heavy atom. The summed E-state index contributed by atoms with van der Waals surface area (Å²) < 4.78 is 30.3. The Balaban J connectivity index is 1.78. The molecule has 0 aliphatic carbocycles. The van der Waals surface area contributed by atoms with Crippen molar-refractivity contribution >= 4 is 26.8 Å². The maximum atomic E-state index is 13.5. The fourth-order valence-corrected chi connectivity index (χ4v) is 7.05. The van der Waals surface area contributed by atoms with E-state index in [9.17, 15) is 18.0 Å². The van der Waals surface area contributed by atoms with Crippen molar-refractivity contribution in [1.82, 2.24) is 13.8 Å². The van der Waals surface area contributed by atoms with Gasteiger partial charge in [0.2, 0.25) is 15.5 Å². The van der Waals surface area contributed by atoms with E-state index >= 15 is 0 Å². The van der Waals surface area contributed by atoms with Gasteiger partial charge in [0.1, 0.15) is 5.56 Å². The van der Waals surface area contributed by atoms with Gasteiger partial charge in [-0.2, -0.15) is 4.31 Å². The van der Waals surface area contributed by atoms with Crippen molar-refractivity contribution in [2.45, 2.75) is 64.3 Å². The predicted molar refractivity (Wildman–Crippen MR) is 130 cm³/mol. The van der Waals surface area contributed by atoms with Crippen molar-refractivity contribution in [3.63, 3.8) is 0 Å². The minimum Gasteiger partial charge on any atom is -0.347 e. The van der Waals surface area contributed by atoms with Crippen LogP contribution in [0.2, 0.25) is 0 Å². The molecule has 2 aliphatic heterocycles. The highest BCUT2D eigenvalue weighted by Crippen LogP contribution is 2.28. The van der Waals surface area contributed by atoms with E-state index in [2.05, 4.69) is 13.8 Å². The van der Waals surface area contributed by atoms with Gasteiger partial charge in [-0.15, -0.1) is 0 Å². The number of nitrogens with zero attached hydrogens (tertiary/aromatic N) is 3. The van der Waals surface area contributed by atoms with Crippen LogP contribution in [-0.2, 0) is 16.6 Å². The van der Waals surface area contributed by atoms with E-state index in [1.54, 1.807) is 23.2 Å². The number of hydrogen-bond acceptors (Lipinski definition) is 4. The van der Waals surface area contributed by atoms with Gasteiger partial charge in [0.25, 0.3) is 5.91 Å². The van der Waals surface area contributed by atoms with E-state index in [1.807, 2.05) is 11.5 Å². The molecule has 0 saturated carbocycles. The zero-order valence-corrected chi connectivity index (χ0v) is 20.7. The molecule has 0 radical (unpaired) electrons. The monoisotopic (exact) mass is 473 g/mol. The second-order valence-electron chi connectivity index (χ2n) is 9.81. The molecule has 2 unspecified atom stereocenters. The molecule has 7 nitrogen and oxygen atoms in total. The minimum absolute atomic E-state index is 0.121. The standard InChI is InChI=1S/C25H35N3O4S/c1-4-26-17-22(25(30)27-11-7-5-6-8-12-27)24(29)21-14-20(9-10-23(21)26)33(31,32)28-15-18(2)13-19(3)16-28/h9-10,14,17-19H,4-8,11-13,15-16H2,1-3H3. The first-order chi connectivity index (χ1) is 15.7. The first-order valence-electron chi connectivity index (χ1n) is 12.2. The SMILES string of the molecule is CCn1cc(C(=O)N2CCCCCC2)c(=O)c2cc(S(=O)(=O)N3CC(C)CC(C)C3)ccc21. The van der Waals surface area contributed by atoms with Gasteiger partial charge in [-0.25, -0.2) is 8.42 Å². The van der Waals surface area contributed by atoms with Crippen LogP contribution in [0.5, 0.6) is 0 Å². The Kier molecular flexibility index (Phi) is 6.96. The molecule has 4 rings (SSSR count). The Hall–Kier alpha value is -2.19. The number of sulfonamides is 1. The molecule has 2 aliphatic rings. The zero-order chi connectivity index (χ0) is 23.8. The number of carbonyl (C=O) groups is 1. The lowest BCUT2D eigenvalue weighted by Gasteiger charge is -2.34. The fraction of sp³-hybridized carbons (Fsp3) is 0.600. The summed E-state index contributed by atoms with van der Waals surface area (Å²) in [6.45, 7) is 8.94. The predicted octanol–water partition coefficient (Wildman–Crippen LogP) is 3.70. The van der Waals surface area contributed by atoms with E-state index < -0.39 is 10.0 Å². The van der Waals surface area contributed by atoms with Crippen molar-refractivity contribution in [1.29, 1.82) is 0 Å². The lowest BCUT2D eigenvalue weighted by atomic mass is 9.94. The molecular formula is C25H35N3O4S. The maximum absolute atomic E-state index is 13.5. The molecule has 2 saturated heterocycles. The van der Waals surface area contributed by atoms with E-state index in [1.165, 1.54) is 10.4 Å². The molecule has 0 spiro atoms. The van der Waals surface area contributed by atoms with Gasteiger partial charge in [0.15, 0.2) is 0 Å². The first kappa shape index (κ1) is 24.0. The molecule has 2 atom stereocenters. The van der Waals surface area contributed by atoms with Crippen LogP contribution in [-0.4, -0.2) is 54.3 Å². The van der Waals surface area contributed by atoms with Gasteiger partial charge >= 0.3 is 0 Å². The topological polar surface area (TPSA) is 79.7 Å². The van der Waals surface area contributed by atoms with Crippen molar-refractivity contribution in [3.05, 3.63) is 40.2 Å². The summed E-state index contributed by atoms with van der Waals surface area (Å²) in [5.41, 5.74) is 0.386. The molecule has 1 amide bonds. The van der Waals surface area contributed by atoms with Crippen LogP contribution in [0.25, 0.3) is 10.9 Å². The Morgan fingerprint density at radius 1 is 1.03 bits per heavy atom. The highest BCUT2D eigenvalue weighted by atomic mass is 32.2. The highest BCUT2D eigenvalue weighted by molar-refractivity contribution is 7.89. The number of amides is 1. The Bertz CT molecular complexity index is 1190. The van der Waals surface area contributed by atoms with Crippen molar-refractivity contribution < 1.29 is 13.2 Å². The summed E-state index contributed by atoms with van der Waals surface area (Å²) in [5.74, 6) is 0.330.